The summed E-state index contributed by atoms with van der Waals surface area (Å²) >= 11 is 1.72. The summed E-state index contributed by atoms with van der Waals surface area (Å²) in [5.41, 5.74) is 0. The molecule has 0 aromatic carbocycles. The Bertz CT molecular complexity index is 1070. The first-order valence-electron chi connectivity index (χ1n) is 14.0. The normalized spacial score (nSPS) is 27.1. The van der Waals surface area contributed by atoms with Crippen molar-refractivity contribution in [3.8, 4) is 0 Å². The summed E-state index contributed by atoms with van der Waals surface area (Å²) in [7, 11) is 0. The van der Waals surface area contributed by atoms with Crippen LogP contribution in [0.15, 0.2) is 12.1 Å². The predicted molar refractivity (Wildman–Crippen MR) is 142 cm³/mol. The first-order valence-corrected chi connectivity index (χ1v) is 14.8. The second-order valence-electron chi connectivity index (χ2n) is 11.8. The number of carbonyl (C=O) groups is 1. The van der Waals surface area contributed by atoms with Gasteiger partial charge in [-0.25, -0.2) is 8.78 Å². The van der Waals surface area contributed by atoms with E-state index in [1.54, 1.807) is 11.3 Å². The van der Waals surface area contributed by atoms with Crippen molar-refractivity contribution in [3.63, 3.8) is 0 Å². The number of fused-ring (bicyclic) bond motifs is 2. The average molecular weight is 534 g/mol. The third-order valence-corrected chi connectivity index (χ3v) is 9.93. The van der Waals surface area contributed by atoms with E-state index < -0.39 is 5.92 Å². The molecule has 4 atom stereocenters. The van der Waals surface area contributed by atoms with E-state index in [0.717, 1.165) is 42.3 Å². The number of aromatic nitrogens is 3. The number of nitrogens with one attached hydrogen (secondary N) is 1. The van der Waals surface area contributed by atoms with Crippen molar-refractivity contribution in [2.45, 2.75) is 121 Å². The molecule has 3 fully saturated rings. The van der Waals surface area contributed by atoms with Gasteiger partial charge in [0, 0.05) is 59.1 Å². The van der Waals surface area contributed by atoms with Crippen molar-refractivity contribution in [1.29, 1.82) is 0 Å². The monoisotopic (exact) mass is 533 g/mol. The summed E-state index contributed by atoms with van der Waals surface area (Å²) in [6.45, 7) is 9.45. The van der Waals surface area contributed by atoms with Gasteiger partial charge in [-0.15, -0.1) is 21.5 Å². The van der Waals surface area contributed by atoms with E-state index in [1.807, 2.05) is 0 Å². The third-order valence-electron chi connectivity index (χ3n) is 8.82. The molecule has 1 aliphatic carbocycles. The van der Waals surface area contributed by atoms with E-state index in [-0.39, 0.29) is 43.6 Å². The van der Waals surface area contributed by atoms with Gasteiger partial charge in [-0.1, -0.05) is 13.8 Å². The highest BCUT2D eigenvalue weighted by atomic mass is 32.1. The van der Waals surface area contributed by atoms with Crippen LogP contribution < -0.4 is 5.32 Å². The Morgan fingerprint density at radius 1 is 1.08 bits per heavy atom. The summed E-state index contributed by atoms with van der Waals surface area (Å²) in [6.07, 6.45) is 5.67. The fourth-order valence-electron chi connectivity index (χ4n) is 6.85. The van der Waals surface area contributed by atoms with Crippen molar-refractivity contribution in [2.75, 3.05) is 6.54 Å². The quantitative estimate of drug-likeness (QED) is 0.431. The molecule has 2 bridgehead atoms. The minimum atomic E-state index is -2.62. The molecule has 3 aliphatic rings. The molecule has 1 amide bonds. The molecule has 2 saturated heterocycles. The van der Waals surface area contributed by atoms with Gasteiger partial charge in [-0.3, -0.25) is 9.69 Å². The van der Waals surface area contributed by atoms with Crippen LogP contribution in [0.5, 0.6) is 0 Å². The van der Waals surface area contributed by atoms with Gasteiger partial charge in [-0.05, 0) is 70.9 Å². The molecule has 1 saturated carbocycles. The lowest BCUT2D eigenvalue weighted by molar-refractivity contribution is -0.130. The standard InChI is InChI=1S/C28H41F2N5OS/c1-17(2)26-33-32-19(4)35(26)23-15-21-6-7-22(16-23)34(21)14-11-24(25-8-5-18(3)37-25)31-27(36)20-9-12-28(29,30)13-10-20/h5,8,17,20-24H,6-7,9-16H2,1-4H3,(H,31,36)/t21-,22+,23?,24-/m0/s1. The third kappa shape index (κ3) is 5.77. The number of amides is 1. The van der Waals surface area contributed by atoms with Crippen molar-refractivity contribution in [2.24, 2.45) is 5.92 Å². The Labute approximate surface area is 223 Å². The SMILES string of the molecule is Cc1ccc([C@H](CCN2[C@@H]3CC[C@H]2CC(n2c(C)nnc2C(C)C)C3)NC(=O)C2CCC(F)(F)CC2)s1. The van der Waals surface area contributed by atoms with Crippen LogP contribution in [0.2, 0.25) is 0 Å². The van der Waals surface area contributed by atoms with Crippen molar-refractivity contribution in [1.82, 2.24) is 25.0 Å². The first-order chi connectivity index (χ1) is 17.6. The molecule has 0 radical (unpaired) electrons. The summed E-state index contributed by atoms with van der Waals surface area (Å²) in [5.74, 6) is -0.529. The van der Waals surface area contributed by atoms with Gasteiger partial charge >= 0.3 is 0 Å². The number of alkyl halides is 2. The van der Waals surface area contributed by atoms with Gasteiger partial charge in [0.1, 0.15) is 11.6 Å². The number of aryl methyl sites for hydroxylation is 2. The average Bonchev–Trinajstić information content (AvgIpc) is 3.51. The number of rotatable bonds is 8. The zero-order chi connectivity index (χ0) is 26.3. The van der Waals surface area contributed by atoms with Gasteiger partial charge in [0.05, 0.1) is 6.04 Å². The van der Waals surface area contributed by atoms with E-state index >= 15 is 0 Å². The number of carbonyl (C=O) groups excluding carboxylic acids is 1. The van der Waals surface area contributed by atoms with Crippen molar-refractivity contribution >= 4 is 17.2 Å². The summed E-state index contributed by atoms with van der Waals surface area (Å²) in [5, 5.41) is 12.1. The first kappa shape index (κ1) is 26.7. The predicted octanol–water partition coefficient (Wildman–Crippen LogP) is 6.32. The van der Waals surface area contributed by atoms with E-state index in [4.69, 9.17) is 0 Å². The largest absolute Gasteiger partial charge is 0.348 e. The van der Waals surface area contributed by atoms with Gasteiger partial charge < -0.3 is 9.88 Å². The van der Waals surface area contributed by atoms with Crippen LogP contribution in [0, 0.1) is 19.8 Å². The molecule has 2 aromatic rings. The summed E-state index contributed by atoms with van der Waals surface area (Å²) < 4.78 is 29.7. The Balaban J connectivity index is 1.24. The van der Waals surface area contributed by atoms with Crippen LogP contribution in [-0.4, -0.2) is 50.1 Å². The molecule has 204 valence electrons. The lowest BCUT2D eigenvalue weighted by Crippen LogP contribution is -2.45. The van der Waals surface area contributed by atoms with E-state index in [0.29, 0.717) is 24.0 Å². The highest BCUT2D eigenvalue weighted by Gasteiger charge is 2.42. The van der Waals surface area contributed by atoms with E-state index in [2.05, 4.69) is 64.8 Å². The Morgan fingerprint density at radius 2 is 1.76 bits per heavy atom. The fraction of sp³-hybridized carbons (Fsp3) is 0.750. The van der Waals surface area contributed by atoms with Crippen LogP contribution >= 0.6 is 11.3 Å². The lowest BCUT2D eigenvalue weighted by Gasteiger charge is -2.40. The minimum Gasteiger partial charge on any atom is -0.348 e. The zero-order valence-electron chi connectivity index (χ0n) is 22.6. The maximum atomic E-state index is 13.6. The number of thiophene rings is 1. The van der Waals surface area contributed by atoms with Gasteiger partial charge in [0.25, 0.3) is 0 Å². The van der Waals surface area contributed by atoms with Crippen LogP contribution in [0.1, 0.15) is 111 Å². The van der Waals surface area contributed by atoms with Gasteiger partial charge in [-0.2, -0.15) is 0 Å². The second-order valence-corrected chi connectivity index (χ2v) is 13.1. The van der Waals surface area contributed by atoms with Crippen LogP contribution in [0.4, 0.5) is 8.78 Å². The molecule has 6 nitrogen and oxygen atoms in total. The number of hydrogen-bond acceptors (Lipinski definition) is 5. The number of piperidine rings is 1. The maximum Gasteiger partial charge on any atom is 0.248 e. The van der Waals surface area contributed by atoms with E-state index in [1.165, 1.54) is 17.7 Å². The highest BCUT2D eigenvalue weighted by molar-refractivity contribution is 7.12. The molecule has 2 aliphatic heterocycles. The topological polar surface area (TPSA) is 63.1 Å². The lowest BCUT2D eigenvalue weighted by atomic mass is 9.86. The molecule has 9 heteroatoms. The molecule has 5 rings (SSSR count). The van der Waals surface area contributed by atoms with Crippen molar-refractivity contribution in [3.05, 3.63) is 33.5 Å². The minimum absolute atomic E-state index is 0.0578. The van der Waals surface area contributed by atoms with Crippen LogP contribution in [0.25, 0.3) is 0 Å². The summed E-state index contributed by atoms with van der Waals surface area (Å²) in [6, 6.07) is 5.66. The molecule has 4 heterocycles. The maximum absolute atomic E-state index is 13.6. The van der Waals surface area contributed by atoms with Crippen LogP contribution in [0.3, 0.4) is 0 Å². The van der Waals surface area contributed by atoms with Gasteiger partial charge in [0.2, 0.25) is 11.8 Å². The number of hydrogen-bond donors (Lipinski definition) is 1. The van der Waals surface area contributed by atoms with Gasteiger partial charge in [0.15, 0.2) is 0 Å². The number of halogens is 2. The molecule has 37 heavy (non-hydrogen) atoms. The molecule has 2 aromatic heterocycles. The molecule has 1 N–H and O–H groups in total. The van der Waals surface area contributed by atoms with Crippen molar-refractivity contribution < 1.29 is 13.6 Å². The summed E-state index contributed by atoms with van der Waals surface area (Å²) in [4.78, 5) is 18.2. The highest BCUT2D eigenvalue weighted by Crippen LogP contribution is 2.43. The molecular weight excluding hydrogens is 492 g/mol. The smallest absolute Gasteiger partial charge is 0.248 e. The fourth-order valence-corrected chi connectivity index (χ4v) is 7.81. The number of nitrogens with zero attached hydrogens (tertiary/aromatic N) is 4. The molecule has 1 unspecified atom stereocenters. The Hall–Kier alpha value is -1.87. The molecular formula is C28H41F2N5OS. The molecule has 0 spiro atoms. The zero-order valence-corrected chi connectivity index (χ0v) is 23.4. The van der Waals surface area contributed by atoms with E-state index in [9.17, 15) is 13.6 Å². The van der Waals surface area contributed by atoms with Crippen LogP contribution in [-0.2, 0) is 4.79 Å². The second kappa shape index (κ2) is 10.7. The Kier molecular flexibility index (Phi) is 7.74. The Morgan fingerprint density at radius 3 is 2.35 bits per heavy atom.